The van der Waals surface area contributed by atoms with E-state index in [0.717, 1.165) is 19.5 Å². The van der Waals surface area contributed by atoms with E-state index in [1.54, 1.807) is 7.05 Å². The first-order chi connectivity index (χ1) is 6.15. The average Bonchev–Trinajstić information content (AvgIpc) is 2.17. The average molecular weight is 185 g/mol. The summed E-state index contributed by atoms with van der Waals surface area (Å²) in [5, 5.41) is 2.66. The number of nitrogens with one attached hydrogen (secondary N) is 1. The van der Waals surface area contributed by atoms with Crippen LogP contribution in [0.25, 0.3) is 0 Å². The van der Waals surface area contributed by atoms with Crippen LogP contribution >= 0.6 is 0 Å². The number of likely N-dealkylation sites (tertiary alicyclic amines) is 1. The Morgan fingerprint density at radius 3 is 2.77 bits per heavy atom. The Kier molecular flexibility index (Phi) is 3.54. The van der Waals surface area contributed by atoms with Gasteiger partial charge in [-0.25, -0.2) is 4.79 Å². The predicted octanol–water partition coefficient (Wildman–Crippen LogP) is 0.352. The molecule has 0 saturated carbocycles. The van der Waals surface area contributed by atoms with Gasteiger partial charge in [0.25, 0.3) is 0 Å². The molecule has 76 valence electrons. The van der Waals surface area contributed by atoms with Crippen molar-refractivity contribution in [3.8, 4) is 0 Å². The van der Waals surface area contributed by atoms with Gasteiger partial charge in [0.1, 0.15) is 0 Å². The van der Waals surface area contributed by atoms with Gasteiger partial charge in [-0.15, -0.1) is 0 Å². The Bertz CT molecular complexity index is 182. The molecule has 2 amide bonds. The molecule has 1 aliphatic rings. The molecule has 1 rings (SSSR count). The minimum atomic E-state index is 0.0477. The fourth-order valence-electron chi connectivity index (χ4n) is 1.72. The lowest BCUT2D eigenvalue weighted by molar-refractivity contribution is 0.141. The fourth-order valence-corrected chi connectivity index (χ4v) is 1.72. The van der Waals surface area contributed by atoms with Gasteiger partial charge in [0.15, 0.2) is 0 Å². The third kappa shape index (κ3) is 2.59. The lowest BCUT2D eigenvalue weighted by atomic mass is 10.1. The highest BCUT2D eigenvalue weighted by Crippen LogP contribution is 2.13. The second kappa shape index (κ2) is 4.46. The molecule has 4 heteroatoms. The van der Waals surface area contributed by atoms with E-state index in [9.17, 15) is 4.79 Å². The number of likely N-dealkylation sites (N-methyl/N-ethyl adjacent to an activating group) is 1. The predicted molar refractivity (Wildman–Crippen MR) is 52.7 cm³/mol. The van der Waals surface area contributed by atoms with Crippen LogP contribution in [-0.2, 0) is 0 Å². The quantitative estimate of drug-likeness (QED) is 0.640. The maximum absolute atomic E-state index is 11.3. The van der Waals surface area contributed by atoms with Gasteiger partial charge in [0.05, 0.1) is 0 Å². The van der Waals surface area contributed by atoms with Gasteiger partial charge < -0.3 is 15.1 Å². The molecule has 0 aromatic rings. The highest BCUT2D eigenvalue weighted by Gasteiger charge is 2.23. The summed E-state index contributed by atoms with van der Waals surface area (Å²) in [6.45, 7) is 1.75. The molecule has 0 radical (unpaired) electrons. The topological polar surface area (TPSA) is 35.6 Å². The Balaban J connectivity index is 2.46. The molecule has 1 saturated heterocycles. The molecular weight excluding hydrogens is 166 g/mol. The number of carbonyl (C=O) groups excluding carboxylic acids is 1. The number of urea groups is 1. The highest BCUT2D eigenvalue weighted by atomic mass is 16.2. The minimum absolute atomic E-state index is 0.0477. The van der Waals surface area contributed by atoms with E-state index in [2.05, 4.69) is 24.3 Å². The van der Waals surface area contributed by atoms with Crippen LogP contribution in [-0.4, -0.2) is 56.1 Å². The van der Waals surface area contributed by atoms with Crippen molar-refractivity contribution in [3.63, 3.8) is 0 Å². The van der Waals surface area contributed by atoms with Crippen LogP contribution in [0.4, 0.5) is 4.79 Å². The maximum Gasteiger partial charge on any atom is 0.317 e. The van der Waals surface area contributed by atoms with E-state index in [0.29, 0.717) is 6.04 Å². The fraction of sp³-hybridized carbons (Fsp3) is 0.889. The van der Waals surface area contributed by atoms with Gasteiger partial charge in [-0.2, -0.15) is 0 Å². The molecular formula is C9H19N3O. The molecule has 1 aliphatic heterocycles. The van der Waals surface area contributed by atoms with Crippen molar-refractivity contribution >= 4 is 6.03 Å². The van der Waals surface area contributed by atoms with Crippen molar-refractivity contribution in [3.05, 3.63) is 0 Å². The monoisotopic (exact) mass is 185 g/mol. The zero-order chi connectivity index (χ0) is 9.84. The molecule has 13 heavy (non-hydrogen) atoms. The summed E-state index contributed by atoms with van der Waals surface area (Å²) in [6.07, 6.45) is 2.30. The number of rotatable bonds is 1. The minimum Gasteiger partial charge on any atom is -0.341 e. The molecule has 1 fully saturated rings. The summed E-state index contributed by atoms with van der Waals surface area (Å²) in [5.41, 5.74) is 0. The molecule has 0 aliphatic carbocycles. The summed E-state index contributed by atoms with van der Waals surface area (Å²) < 4.78 is 0. The molecule has 1 unspecified atom stereocenters. The smallest absolute Gasteiger partial charge is 0.317 e. The molecule has 1 N–H and O–H groups in total. The summed E-state index contributed by atoms with van der Waals surface area (Å²) in [7, 11) is 5.82. The second-order valence-electron chi connectivity index (χ2n) is 3.76. The largest absolute Gasteiger partial charge is 0.341 e. The van der Waals surface area contributed by atoms with E-state index in [1.165, 1.54) is 6.42 Å². The van der Waals surface area contributed by atoms with Crippen LogP contribution in [0.5, 0.6) is 0 Å². The maximum atomic E-state index is 11.3. The molecule has 1 atom stereocenters. The summed E-state index contributed by atoms with van der Waals surface area (Å²) in [6, 6.07) is 0.567. The van der Waals surface area contributed by atoms with Gasteiger partial charge in [0.2, 0.25) is 0 Å². The molecule has 4 nitrogen and oxygen atoms in total. The summed E-state index contributed by atoms with van der Waals surface area (Å²) in [5.74, 6) is 0. The molecule has 1 heterocycles. The summed E-state index contributed by atoms with van der Waals surface area (Å²) in [4.78, 5) is 15.4. The molecule has 0 aromatic heterocycles. The number of hydrogen-bond acceptors (Lipinski definition) is 2. The number of carbonyl (C=O) groups is 1. The SMILES string of the molecule is CNC(=O)N1CCCC(N(C)C)C1. The van der Waals surface area contributed by atoms with Crippen molar-refractivity contribution in [1.29, 1.82) is 0 Å². The zero-order valence-electron chi connectivity index (χ0n) is 8.71. The van der Waals surface area contributed by atoms with Gasteiger partial charge in [-0.1, -0.05) is 0 Å². The van der Waals surface area contributed by atoms with Crippen LogP contribution in [0.3, 0.4) is 0 Å². The van der Waals surface area contributed by atoms with Crippen molar-refractivity contribution in [2.24, 2.45) is 0 Å². The molecule has 0 bridgehead atoms. The van der Waals surface area contributed by atoms with Crippen LogP contribution in [0.1, 0.15) is 12.8 Å². The normalized spacial score (nSPS) is 23.4. The third-order valence-corrected chi connectivity index (χ3v) is 2.63. The van der Waals surface area contributed by atoms with Crippen molar-refractivity contribution < 1.29 is 4.79 Å². The Hall–Kier alpha value is -0.770. The van der Waals surface area contributed by atoms with Gasteiger partial charge >= 0.3 is 6.03 Å². The zero-order valence-corrected chi connectivity index (χ0v) is 8.71. The van der Waals surface area contributed by atoms with E-state index in [4.69, 9.17) is 0 Å². The lowest BCUT2D eigenvalue weighted by Gasteiger charge is -2.35. The standard InChI is InChI=1S/C9H19N3O/c1-10-9(13)12-6-4-5-8(7-12)11(2)3/h8H,4-7H2,1-3H3,(H,10,13). The van der Waals surface area contributed by atoms with Gasteiger partial charge in [0, 0.05) is 26.2 Å². The van der Waals surface area contributed by atoms with Crippen molar-refractivity contribution in [2.45, 2.75) is 18.9 Å². The van der Waals surface area contributed by atoms with Gasteiger partial charge in [-0.3, -0.25) is 0 Å². The first-order valence-electron chi connectivity index (χ1n) is 4.78. The Morgan fingerprint density at radius 2 is 2.23 bits per heavy atom. The van der Waals surface area contributed by atoms with Crippen LogP contribution < -0.4 is 5.32 Å². The van der Waals surface area contributed by atoms with E-state index >= 15 is 0 Å². The van der Waals surface area contributed by atoms with Crippen LogP contribution in [0, 0.1) is 0 Å². The first kappa shape index (κ1) is 10.3. The Labute approximate surface area is 79.9 Å². The number of amides is 2. The lowest BCUT2D eigenvalue weighted by Crippen LogP contribution is -2.50. The second-order valence-corrected chi connectivity index (χ2v) is 3.76. The van der Waals surface area contributed by atoms with Crippen molar-refractivity contribution in [2.75, 3.05) is 34.2 Å². The summed E-state index contributed by atoms with van der Waals surface area (Å²) >= 11 is 0. The highest BCUT2D eigenvalue weighted by molar-refractivity contribution is 5.73. The molecule has 0 aromatic carbocycles. The van der Waals surface area contributed by atoms with Gasteiger partial charge in [-0.05, 0) is 26.9 Å². The number of piperidine rings is 1. The number of nitrogens with zero attached hydrogens (tertiary/aromatic N) is 2. The first-order valence-corrected chi connectivity index (χ1v) is 4.78. The van der Waals surface area contributed by atoms with E-state index in [1.807, 2.05) is 4.90 Å². The van der Waals surface area contributed by atoms with Crippen LogP contribution in [0.2, 0.25) is 0 Å². The molecule has 0 spiro atoms. The van der Waals surface area contributed by atoms with E-state index in [-0.39, 0.29) is 6.03 Å². The van der Waals surface area contributed by atoms with Crippen molar-refractivity contribution in [1.82, 2.24) is 15.1 Å². The third-order valence-electron chi connectivity index (χ3n) is 2.63. The number of hydrogen-bond donors (Lipinski definition) is 1. The van der Waals surface area contributed by atoms with Crippen LogP contribution in [0.15, 0.2) is 0 Å². The van der Waals surface area contributed by atoms with E-state index < -0.39 is 0 Å². The Morgan fingerprint density at radius 1 is 1.54 bits per heavy atom.